The van der Waals surface area contributed by atoms with Gasteiger partial charge in [0.25, 0.3) is 0 Å². The molecule has 2 atom stereocenters. The summed E-state index contributed by atoms with van der Waals surface area (Å²) in [5.74, 6) is -0.592. The van der Waals surface area contributed by atoms with Gasteiger partial charge in [-0.25, -0.2) is 8.42 Å². The van der Waals surface area contributed by atoms with Gasteiger partial charge >= 0.3 is 0 Å². The van der Waals surface area contributed by atoms with E-state index in [1.165, 1.54) is 4.31 Å². The summed E-state index contributed by atoms with van der Waals surface area (Å²) >= 11 is 0. The fourth-order valence-electron chi connectivity index (χ4n) is 3.81. The minimum absolute atomic E-state index is 0.173. The maximum Gasteiger partial charge on any atom is 0.243 e. The number of sulfonamides is 1. The molecule has 2 aromatic rings. The highest BCUT2D eigenvalue weighted by molar-refractivity contribution is 7.89. The Hall–Kier alpha value is -2.71. The van der Waals surface area contributed by atoms with Crippen LogP contribution in [0, 0.1) is 5.41 Å². The Labute approximate surface area is 196 Å². The lowest BCUT2D eigenvalue weighted by Crippen LogP contribution is -2.58. The number of rotatable bonds is 7. The molecule has 8 heteroatoms. The van der Waals surface area contributed by atoms with E-state index in [0.717, 1.165) is 12.0 Å². The molecule has 2 amide bonds. The Kier molecular flexibility index (Phi) is 7.92. The molecule has 1 aliphatic heterocycles. The van der Waals surface area contributed by atoms with Crippen molar-refractivity contribution < 1.29 is 18.0 Å². The minimum atomic E-state index is -3.81. The van der Waals surface area contributed by atoms with Gasteiger partial charge < -0.3 is 10.6 Å². The summed E-state index contributed by atoms with van der Waals surface area (Å²) in [6, 6.07) is 16.9. The van der Waals surface area contributed by atoms with Crippen molar-refractivity contribution in [2.45, 2.75) is 63.6 Å². The molecule has 0 spiro atoms. The zero-order chi connectivity index (χ0) is 24.1. The van der Waals surface area contributed by atoms with Crippen LogP contribution in [0.25, 0.3) is 0 Å². The quantitative estimate of drug-likeness (QED) is 0.607. The molecule has 0 bridgehead atoms. The number of nitrogens with one attached hydrogen (secondary N) is 2. The highest BCUT2D eigenvalue weighted by Crippen LogP contribution is 2.25. The number of piperidine rings is 1. The molecule has 0 aliphatic carbocycles. The summed E-state index contributed by atoms with van der Waals surface area (Å²) in [6.45, 7) is 5.70. The maximum atomic E-state index is 13.3. The third-order valence-corrected chi connectivity index (χ3v) is 7.61. The van der Waals surface area contributed by atoms with Crippen molar-refractivity contribution in [1.29, 1.82) is 0 Å². The molecule has 0 aromatic heterocycles. The predicted molar refractivity (Wildman–Crippen MR) is 128 cm³/mol. The van der Waals surface area contributed by atoms with Gasteiger partial charge in [-0.15, -0.1) is 0 Å². The van der Waals surface area contributed by atoms with E-state index in [9.17, 15) is 18.0 Å². The zero-order valence-electron chi connectivity index (χ0n) is 19.5. The van der Waals surface area contributed by atoms with Gasteiger partial charge in [0, 0.05) is 18.4 Å². The molecule has 178 valence electrons. The summed E-state index contributed by atoms with van der Waals surface area (Å²) in [4.78, 5) is 26.2. The molecule has 1 saturated heterocycles. The van der Waals surface area contributed by atoms with E-state index < -0.39 is 33.6 Å². The summed E-state index contributed by atoms with van der Waals surface area (Å²) < 4.78 is 27.8. The molecule has 1 unspecified atom stereocenters. The second-order valence-electron chi connectivity index (χ2n) is 9.41. The standard InChI is InChI=1S/C25H33N3O4S/c1-25(2,3)24(30)27-22(18-19-12-6-4-7-13-19)26-23(29)21-16-10-11-17-28(21)33(31,32)20-14-8-5-9-15-20/h4-9,12-15,21-22H,10-11,16-18H2,1-3H3,(H,26,29)(H,27,30)/t21?,22-/m1/s1. The SMILES string of the molecule is CC(C)(C)C(=O)N[C@H](Cc1ccccc1)NC(=O)C1CCCCN1S(=O)(=O)c1ccccc1. The van der Waals surface area contributed by atoms with Gasteiger partial charge in [0.1, 0.15) is 12.2 Å². The van der Waals surface area contributed by atoms with Crippen molar-refractivity contribution in [3.63, 3.8) is 0 Å². The van der Waals surface area contributed by atoms with E-state index in [2.05, 4.69) is 10.6 Å². The molecular weight excluding hydrogens is 438 g/mol. The number of nitrogens with zero attached hydrogens (tertiary/aromatic N) is 1. The number of hydrogen-bond acceptors (Lipinski definition) is 4. The smallest absolute Gasteiger partial charge is 0.243 e. The Morgan fingerprint density at radius 3 is 2.18 bits per heavy atom. The lowest BCUT2D eigenvalue weighted by atomic mass is 9.95. The average Bonchev–Trinajstić information content (AvgIpc) is 2.79. The van der Waals surface area contributed by atoms with Gasteiger partial charge in [0.15, 0.2) is 0 Å². The lowest BCUT2D eigenvalue weighted by molar-refractivity contribution is -0.131. The Morgan fingerprint density at radius 2 is 1.58 bits per heavy atom. The Bertz CT molecular complexity index is 1050. The molecule has 2 aromatic carbocycles. The Balaban J connectivity index is 1.82. The fourth-order valence-corrected chi connectivity index (χ4v) is 5.49. The van der Waals surface area contributed by atoms with Crippen LogP contribution in [0.3, 0.4) is 0 Å². The van der Waals surface area contributed by atoms with Crippen molar-refractivity contribution in [3.8, 4) is 0 Å². The number of carbonyl (C=O) groups is 2. The van der Waals surface area contributed by atoms with Gasteiger partial charge in [-0.2, -0.15) is 4.31 Å². The summed E-state index contributed by atoms with van der Waals surface area (Å²) in [6.07, 6.45) is 1.63. The molecule has 3 rings (SSSR count). The molecule has 1 heterocycles. The number of amides is 2. The first-order valence-corrected chi connectivity index (χ1v) is 12.8. The first-order valence-electron chi connectivity index (χ1n) is 11.3. The van der Waals surface area contributed by atoms with Crippen molar-refractivity contribution >= 4 is 21.8 Å². The van der Waals surface area contributed by atoms with Crippen LogP contribution in [0.4, 0.5) is 0 Å². The van der Waals surface area contributed by atoms with Crippen LogP contribution < -0.4 is 10.6 Å². The first-order chi connectivity index (χ1) is 15.6. The predicted octanol–water partition coefficient (Wildman–Crippen LogP) is 3.08. The summed E-state index contributed by atoms with van der Waals surface area (Å²) in [5.41, 5.74) is 0.321. The van der Waals surface area contributed by atoms with Gasteiger partial charge in [0.05, 0.1) is 4.90 Å². The highest BCUT2D eigenvalue weighted by Gasteiger charge is 2.38. The molecule has 1 fully saturated rings. The summed E-state index contributed by atoms with van der Waals surface area (Å²) in [5, 5.41) is 5.84. The number of carbonyl (C=O) groups excluding carboxylic acids is 2. The average molecular weight is 472 g/mol. The molecule has 33 heavy (non-hydrogen) atoms. The molecule has 2 N–H and O–H groups in total. The summed E-state index contributed by atoms with van der Waals surface area (Å²) in [7, 11) is -3.81. The molecule has 7 nitrogen and oxygen atoms in total. The minimum Gasteiger partial charge on any atom is -0.335 e. The van der Waals surface area contributed by atoms with Gasteiger partial charge in [-0.05, 0) is 30.5 Å². The van der Waals surface area contributed by atoms with Crippen LogP contribution in [-0.2, 0) is 26.0 Å². The van der Waals surface area contributed by atoms with Crippen LogP contribution in [0.1, 0.15) is 45.6 Å². The highest BCUT2D eigenvalue weighted by atomic mass is 32.2. The molecule has 0 radical (unpaired) electrons. The van der Waals surface area contributed by atoms with E-state index >= 15 is 0 Å². The topological polar surface area (TPSA) is 95.6 Å². The first kappa shape index (κ1) is 24.9. The molecule has 1 aliphatic rings. The van der Waals surface area contributed by atoms with Crippen LogP contribution in [0.15, 0.2) is 65.6 Å². The number of hydrogen-bond donors (Lipinski definition) is 2. The van der Waals surface area contributed by atoms with Crippen molar-refractivity contribution in [3.05, 3.63) is 66.2 Å². The van der Waals surface area contributed by atoms with E-state index in [0.29, 0.717) is 19.3 Å². The monoisotopic (exact) mass is 471 g/mol. The van der Waals surface area contributed by atoms with E-state index in [4.69, 9.17) is 0 Å². The van der Waals surface area contributed by atoms with E-state index in [1.54, 1.807) is 51.1 Å². The molecule has 0 saturated carbocycles. The molecular formula is C25H33N3O4S. The third-order valence-electron chi connectivity index (χ3n) is 5.69. The van der Waals surface area contributed by atoms with Crippen molar-refractivity contribution in [2.75, 3.05) is 6.54 Å². The zero-order valence-corrected chi connectivity index (χ0v) is 20.3. The van der Waals surface area contributed by atoms with Gasteiger partial charge in [-0.1, -0.05) is 75.7 Å². The normalized spacial score (nSPS) is 18.3. The Morgan fingerprint density at radius 1 is 0.970 bits per heavy atom. The van der Waals surface area contributed by atoms with Crippen molar-refractivity contribution in [2.24, 2.45) is 5.41 Å². The third kappa shape index (κ3) is 6.42. The largest absolute Gasteiger partial charge is 0.335 e. The van der Waals surface area contributed by atoms with Crippen LogP contribution in [0.2, 0.25) is 0 Å². The van der Waals surface area contributed by atoms with Crippen LogP contribution in [0.5, 0.6) is 0 Å². The fraction of sp³-hybridized carbons (Fsp3) is 0.440. The van der Waals surface area contributed by atoms with E-state index in [-0.39, 0.29) is 17.3 Å². The van der Waals surface area contributed by atoms with Crippen LogP contribution in [-0.4, -0.2) is 43.3 Å². The second-order valence-corrected chi connectivity index (χ2v) is 11.3. The second kappa shape index (κ2) is 10.5. The van der Waals surface area contributed by atoms with E-state index in [1.807, 2.05) is 30.3 Å². The lowest BCUT2D eigenvalue weighted by Gasteiger charge is -2.35. The number of benzene rings is 2. The van der Waals surface area contributed by atoms with Crippen LogP contribution >= 0.6 is 0 Å². The van der Waals surface area contributed by atoms with Crippen molar-refractivity contribution in [1.82, 2.24) is 14.9 Å². The van der Waals surface area contributed by atoms with Gasteiger partial charge in [0.2, 0.25) is 21.8 Å². The maximum absolute atomic E-state index is 13.3. The van der Waals surface area contributed by atoms with Gasteiger partial charge in [-0.3, -0.25) is 9.59 Å².